The standard InChI is InChI=1S/C35H33F4N5O2/c1-3-23-25(37)11-8-19-6-4-7-24(26(19)23)27-29(38)31-28(32(45-2)30(27)39)33(43-16-21-9-10-22(17-43)40-21)42-34(41-31)46-18-35-12-5-13-44(35)15-20(36)14-35/h1,4,6-8,11,20-22,40H,5,9-10,12-18H2,2H3/t20-,21?,22?,35+/m1/s1. The van der Waals surface area contributed by atoms with Crippen LogP contribution in [0.2, 0.25) is 0 Å². The van der Waals surface area contributed by atoms with Gasteiger partial charge < -0.3 is 19.7 Å². The molecule has 11 heteroatoms. The maximum Gasteiger partial charge on any atom is 0.319 e. The van der Waals surface area contributed by atoms with Crippen LogP contribution in [0.25, 0.3) is 32.8 Å². The summed E-state index contributed by atoms with van der Waals surface area (Å²) in [5.41, 5.74) is -1.13. The van der Waals surface area contributed by atoms with Crippen LogP contribution in [-0.2, 0) is 0 Å². The summed E-state index contributed by atoms with van der Waals surface area (Å²) in [5.74, 6) is -0.179. The molecule has 2 bridgehead atoms. The minimum Gasteiger partial charge on any atom is -0.493 e. The first-order valence-electron chi connectivity index (χ1n) is 15.8. The average molecular weight is 632 g/mol. The molecular weight excluding hydrogens is 598 g/mol. The molecule has 4 aliphatic heterocycles. The fourth-order valence-electron chi connectivity index (χ4n) is 8.28. The molecule has 238 valence electrons. The molecule has 4 saturated heterocycles. The van der Waals surface area contributed by atoms with Crippen LogP contribution in [0, 0.1) is 29.8 Å². The number of fused-ring (bicyclic) bond motifs is 5. The average Bonchev–Trinajstić information content (AvgIpc) is 3.70. The van der Waals surface area contributed by atoms with Crippen LogP contribution < -0.4 is 19.7 Å². The minimum absolute atomic E-state index is 0.0726. The van der Waals surface area contributed by atoms with E-state index >= 15 is 8.78 Å². The maximum atomic E-state index is 17.0. The monoisotopic (exact) mass is 631 g/mol. The second kappa shape index (κ2) is 11.0. The molecule has 8 rings (SSSR count). The molecule has 2 unspecified atom stereocenters. The first-order chi connectivity index (χ1) is 22.3. The third-order valence-electron chi connectivity index (χ3n) is 10.3. The Morgan fingerprint density at radius 1 is 1.04 bits per heavy atom. The molecular formula is C35H33F4N5O2. The van der Waals surface area contributed by atoms with Crippen molar-refractivity contribution in [2.24, 2.45) is 0 Å². The molecule has 7 nitrogen and oxygen atoms in total. The molecule has 4 fully saturated rings. The van der Waals surface area contributed by atoms with E-state index in [-0.39, 0.29) is 57.9 Å². The molecule has 4 atom stereocenters. The van der Waals surface area contributed by atoms with Gasteiger partial charge in [0.2, 0.25) is 0 Å². The summed E-state index contributed by atoms with van der Waals surface area (Å²) in [5, 5.41) is 4.39. The summed E-state index contributed by atoms with van der Waals surface area (Å²) >= 11 is 0. The van der Waals surface area contributed by atoms with E-state index in [1.165, 1.54) is 25.3 Å². The second-order valence-electron chi connectivity index (χ2n) is 13.0. The van der Waals surface area contributed by atoms with Gasteiger partial charge in [-0.05, 0) is 49.2 Å². The molecule has 1 aromatic heterocycles. The highest BCUT2D eigenvalue weighted by Crippen LogP contribution is 2.46. The highest BCUT2D eigenvalue weighted by Gasteiger charge is 2.49. The first kappa shape index (κ1) is 29.3. The molecule has 0 amide bonds. The predicted octanol–water partition coefficient (Wildman–Crippen LogP) is 5.75. The minimum atomic E-state index is -0.968. The number of ether oxygens (including phenoxy) is 2. The summed E-state index contributed by atoms with van der Waals surface area (Å²) in [7, 11) is 1.31. The Bertz CT molecular complexity index is 1920. The van der Waals surface area contributed by atoms with Gasteiger partial charge in [0.1, 0.15) is 29.9 Å². The number of anilines is 1. The third kappa shape index (κ3) is 4.48. The molecule has 4 aliphatic rings. The number of nitrogens with zero attached hydrogens (tertiary/aromatic N) is 4. The Balaban J connectivity index is 1.34. The van der Waals surface area contributed by atoms with Crippen LogP contribution in [0.3, 0.4) is 0 Å². The number of benzene rings is 3. The van der Waals surface area contributed by atoms with Crippen molar-refractivity contribution >= 4 is 27.5 Å². The van der Waals surface area contributed by atoms with Crippen molar-refractivity contribution in [3.8, 4) is 35.2 Å². The Morgan fingerprint density at radius 2 is 1.85 bits per heavy atom. The third-order valence-corrected chi connectivity index (χ3v) is 10.3. The van der Waals surface area contributed by atoms with E-state index in [9.17, 15) is 8.78 Å². The smallest absolute Gasteiger partial charge is 0.319 e. The summed E-state index contributed by atoms with van der Waals surface area (Å²) in [6, 6.07) is 7.92. The largest absolute Gasteiger partial charge is 0.493 e. The van der Waals surface area contributed by atoms with Gasteiger partial charge in [0, 0.05) is 43.5 Å². The molecule has 5 heterocycles. The van der Waals surface area contributed by atoms with Crippen molar-refractivity contribution in [2.75, 3.05) is 44.8 Å². The van der Waals surface area contributed by atoms with Gasteiger partial charge in [0.15, 0.2) is 17.4 Å². The lowest BCUT2D eigenvalue weighted by Crippen LogP contribution is -2.51. The zero-order valence-electron chi connectivity index (χ0n) is 25.4. The van der Waals surface area contributed by atoms with Gasteiger partial charge in [-0.15, -0.1) is 6.42 Å². The number of rotatable bonds is 6. The molecule has 0 saturated carbocycles. The van der Waals surface area contributed by atoms with E-state index in [4.69, 9.17) is 20.9 Å². The number of alkyl halides is 1. The number of methoxy groups -OCH3 is 1. The van der Waals surface area contributed by atoms with Crippen LogP contribution in [0.1, 0.15) is 37.7 Å². The van der Waals surface area contributed by atoms with Crippen LogP contribution >= 0.6 is 0 Å². The van der Waals surface area contributed by atoms with Gasteiger partial charge in [-0.1, -0.05) is 30.2 Å². The number of piperazine rings is 1. The predicted molar refractivity (Wildman–Crippen MR) is 168 cm³/mol. The molecule has 46 heavy (non-hydrogen) atoms. The Hall–Kier alpha value is -4.14. The van der Waals surface area contributed by atoms with Crippen LogP contribution in [-0.4, -0.2) is 78.6 Å². The van der Waals surface area contributed by atoms with Crippen molar-refractivity contribution in [3.05, 3.63) is 53.3 Å². The fourth-order valence-corrected chi connectivity index (χ4v) is 8.28. The van der Waals surface area contributed by atoms with Crippen molar-refractivity contribution in [1.82, 2.24) is 20.2 Å². The number of terminal acetylenes is 1. The van der Waals surface area contributed by atoms with E-state index in [0.29, 0.717) is 37.3 Å². The molecule has 0 aliphatic carbocycles. The maximum absolute atomic E-state index is 17.0. The summed E-state index contributed by atoms with van der Waals surface area (Å²) in [6.45, 7) is 2.44. The number of halogens is 4. The van der Waals surface area contributed by atoms with Crippen LogP contribution in [0.4, 0.5) is 23.4 Å². The van der Waals surface area contributed by atoms with E-state index in [2.05, 4.69) is 21.1 Å². The number of nitrogens with one attached hydrogen (secondary N) is 1. The highest BCUT2D eigenvalue weighted by atomic mass is 19.1. The lowest BCUT2D eigenvalue weighted by atomic mass is 9.92. The van der Waals surface area contributed by atoms with Crippen LogP contribution in [0.15, 0.2) is 30.3 Å². The van der Waals surface area contributed by atoms with Crippen molar-refractivity contribution in [2.45, 2.75) is 55.9 Å². The molecule has 4 aromatic rings. The Morgan fingerprint density at radius 3 is 2.61 bits per heavy atom. The SMILES string of the molecule is C#Cc1c(F)ccc2cccc(-c3c(F)c(OC)c4c(N5CC6CCC(C5)N6)nc(OC[C@@]56CCCN5C[C@H](F)C6)nc4c3F)c12. The molecule has 0 spiro atoms. The normalized spacial score (nSPS) is 25.7. The number of aromatic nitrogens is 2. The lowest BCUT2D eigenvalue weighted by Gasteiger charge is -2.35. The molecule has 0 radical (unpaired) electrons. The van der Waals surface area contributed by atoms with Gasteiger partial charge in [-0.2, -0.15) is 9.97 Å². The zero-order valence-corrected chi connectivity index (χ0v) is 25.4. The molecule has 3 aromatic carbocycles. The zero-order chi connectivity index (χ0) is 31.7. The van der Waals surface area contributed by atoms with Crippen molar-refractivity contribution < 1.29 is 27.0 Å². The van der Waals surface area contributed by atoms with E-state index in [1.807, 2.05) is 4.90 Å². The van der Waals surface area contributed by atoms with Crippen molar-refractivity contribution in [1.29, 1.82) is 0 Å². The van der Waals surface area contributed by atoms with Gasteiger partial charge in [-0.25, -0.2) is 17.6 Å². The summed E-state index contributed by atoms with van der Waals surface area (Å²) in [4.78, 5) is 13.4. The van der Waals surface area contributed by atoms with Crippen molar-refractivity contribution in [3.63, 3.8) is 0 Å². The Kier molecular flexibility index (Phi) is 6.99. The van der Waals surface area contributed by atoms with Gasteiger partial charge in [-0.3, -0.25) is 4.90 Å². The topological polar surface area (TPSA) is 62.8 Å². The van der Waals surface area contributed by atoms with E-state index in [0.717, 1.165) is 32.2 Å². The highest BCUT2D eigenvalue weighted by molar-refractivity contribution is 6.05. The van der Waals surface area contributed by atoms with E-state index in [1.54, 1.807) is 12.1 Å². The summed E-state index contributed by atoms with van der Waals surface area (Å²) in [6.07, 6.45) is 8.77. The quantitative estimate of drug-likeness (QED) is 0.215. The summed E-state index contributed by atoms with van der Waals surface area (Å²) < 4.78 is 75.0. The number of hydrogen-bond acceptors (Lipinski definition) is 7. The second-order valence-corrected chi connectivity index (χ2v) is 13.0. The fraction of sp³-hybridized carbons (Fsp3) is 0.429. The van der Waals surface area contributed by atoms with Gasteiger partial charge in [0.05, 0.1) is 29.2 Å². The molecule has 1 N–H and O–H groups in total. The Labute approximate surface area is 263 Å². The van der Waals surface area contributed by atoms with Crippen LogP contribution in [0.5, 0.6) is 11.8 Å². The van der Waals surface area contributed by atoms with Gasteiger partial charge >= 0.3 is 6.01 Å². The lowest BCUT2D eigenvalue weighted by molar-refractivity contribution is 0.107. The number of hydrogen-bond donors (Lipinski definition) is 1. The first-order valence-corrected chi connectivity index (χ1v) is 15.8. The van der Waals surface area contributed by atoms with Gasteiger partial charge in [0.25, 0.3) is 0 Å². The van der Waals surface area contributed by atoms with E-state index < -0.39 is 34.7 Å².